The second-order valence-corrected chi connectivity index (χ2v) is 4.14. The van der Waals surface area contributed by atoms with E-state index in [0.29, 0.717) is 5.56 Å². The molecule has 2 rings (SSSR count). The molecular weight excluding hydrogens is 232 g/mol. The van der Waals surface area contributed by atoms with E-state index in [1.54, 1.807) is 23.7 Å². The Morgan fingerprint density at radius 3 is 2.94 bits per heavy atom. The highest BCUT2D eigenvalue weighted by Crippen LogP contribution is 2.23. The lowest BCUT2D eigenvalue weighted by Gasteiger charge is -2.10. The molecule has 18 heavy (non-hydrogen) atoms. The summed E-state index contributed by atoms with van der Waals surface area (Å²) in [6, 6.07) is 5.33. The number of carbonyl (C=O) groups excluding carboxylic acids is 1. The van der Waals surface area contributed by atoms with Gasteiger partial charge in [-0.3, -0.25) is 4.68 Å². The minimum absolute atomic E-state index is 0.254. The topological polar surface area (TPSA) is 64.3 Å². The van der Waals surface area contributed by atoms with Gasteiger partial charge in [0.05, 0.1) is 17.8 Å². The Bertz CT molecular complexity index is 589. The number of benzene rings is 1. The van der Waals surface area contributed by atoms with Gasteiger partial charge in [0.1, 0.15) is 0 Å². The van der Waals surface area contributed by atoms with Crippen molar-refractivity contribution >= 4 is 16.9 Å². The Morgan fingerprint density at radius 2 is 2.28 bits per heavy atom. The summed E-state index contributed by atoms with van der Waals surface area (Å²) in [6.07, 6.45) is -1.24. The van der Waals surface area contributed by atoms with Crippen molar-refractivity contribution < 1.29 is 14.6 Å². The van der Waals surface area contributed by atoms with Gasteiger partial charge in [0.25, 0.3) is 0 Å². The van der Waals surface area contributed by atoms with Gasteiger partial charge >= 0.3 is 5.97 Å². The van der Waals surface area contributed by atoms with E-state index in [0.717, 1.165) is 16.6 Å². The van der Waals surface area contributed by atoms with E-state index < -0.39 is 12.1 Å². The van der Waals surface area contributed by atoms with E-state index in [4.69, 9.17) is 4.74 Å². The van der Waals surface area contributed by atoms with Crippen LogP contribution in [0.2, 0.25) is 0 Å². The summed E-state index contributed by atoms with van der Waals surface area (Å²) in [4.78, 5) is 11.5. The first-order chi connectivity index (χ1) is 8.54. The molecule has 0 amide bonds. The molecule has 0 aliphatic rings. The van der Waals surface area contributed by atoms with Crippen molar-refractivity contribution in [2.24, 2.45) is 7.05 Å². The maximum Gasteiger partial charge on any atom is 0.339 e. The van der Waals surface area contributed by atoms with Crippen LogP contribution in [0.1, 0.15) is 24.3 Å². The fourth-order valence-electron chi connectivity index (χ4n) is 1.99. The van der Waals surface area contributed by atoms with Gasteiger partial charge in [0, 0.05) is 12.4 Å². The van der Waals surface area contributed by atoms with Crippen LogP contribution in [0, 0.1) is 6.92 Å². The van der Waals surface area contributed by atoms with Gasteiger partial charge in [-0.25, -0.2) is 4.79 Å². The maximum atomic E-state index is 11.5. The minimum atomic E-state index is -1.24. The van der Waals surface area contributed by atoms with Crippen LogP contribution in [0.4, 0.5) is 0 Å². The van der Waals surface area contributed by atoms with Gasteiger partial charge in [-0.15, -0.1) is 0 Å². The lowest BCUT2D eigenvalue weighted by Crippen LogP contribution is -2.15. The number of hydrogen-bond donors (Lipinski definition) is 1. The summed E-state index contributed by atoms with van der Waals surface area (Å²) in [5.74, 6) is -0.626. The monoisotopic (exact) mass is 248 g/mol. The molecule has 0 fully saturated rings. The molecule has 0 spiro atoms. The van der Waals surface area contributed by atoms with E-state index in [-0.39, 0.29) is 6.61 Å². The molecule has 1 unspecified atom stereocenters. The Morgan fingerprint density at radius 1 is 1.56 bits per heavy atom. The van der Waals surface area contributed by atoms with Crippen molar-refractivity contribution in [2.45, 2.75) is 20.0 Å². The smallest absolute Gasteiger partial charge is 0.339 e. The number of aromatic nitrogens is 2. The zero-order chi connectivity index (χ0) is 13.3. The lowest BCUT2D eigenvalue weighted by atomic mass is 10.1. The first-order valence-corrected chi connectivity index (χ1v) is 5.82. The predicted molar refractivity (Wildman–Crippen MR) is 67.0 cm³/mol. The van der Waals surface area contributed by atoms with Gasteiger partial charge in [-0.2, -0.15) is 5.10 Å². The maximum absolute atomic E-state index is 11.5. The van der Waals surface area contributed by atoms with Crippen molar-refractivity contribution in [3.63, 3.8) is 0 Å². The molecule has 1 heterocycles. The number of aliphatic hydroxyl groups is 1. The molecule has 0 radical (unpaired) electrons. The Kier molecular flexibility index (Phi) is 3.34. The van der Waals surface area contributed by atoms with E-state index in [2.05, 4.69) is 5.10 Å². The summed E-state index contributed by atoms with van der Waals surface area (Å²) in [5, 5.41) is 15.1. The van der Waals surface area contributed by atoms with Gasteiger partial charge in [0.2, 0.25) is 0 Å². The van der Waals surface area contributed by atoms with Crippen molar-refractivity contribution in [3.8, 4) is 0 Å². The number of aliphatic hydroxyl groups excluding tert-OH is 1. The largest absolute Gasteiger partial charge is 0.464 e. The van der Waals surface area contributed by atoms with Crippen molar-refractivity contribution in [2.75, 3.05) is 6.61 Å². The molecule has 0 aliphatic heterocycles. The SMILES string of the molecule is CCOC(=O)C(O)c1ccc2c(c1)c(C)nn2C. The summed E-state index contributed by atoms with van der Waals surface area (Å²) in [5.41, 5.74) is 2.36. The number of nitrogens with zero attached hydrogens (tertiary/aromatic N) is 2. The first kappa shape index (κ1) is 12.6. The summed E-state index contributed by atoms with van der Waals surface area (Å²) in [6.45, 7) is 3.85. The average Bonchev–Trinajstić information content (AvgIpc) is 2.64. The molecule has 5 heteroatoms. The molecule has 1 aromatic carbocycles. The zero-order valence-corrected chi connectivity index (χ0v) is 10.7. The number of esters is 1. The standard InChI is InChI=1S/C13H16N2O3/c1-4-18-13(17)12(16)9-5-6-11-10(7-9)8(2)14-15(11)3/h5-7,12,16H,4H2,1-3H3. The van der Waals surface area contributed by atoms with E-state index in [1.807, 2.05) is 20.0 Å². The highest BCUT2D eigenvalue weighted by atomic mass is 16.5. The molecule has 1 aromatic heterocycles. The van der Waals surface area contributed by atoms with Gasteiger partial charge in [-0.05, 0) is 31.5 Å². The Balaban J connectivity index is 2.41. The molecular formula is C13H16N2O3. The first-order valence-electron chi connectivity index (χ1n) is 5.82. The Labute approximate surface area is 105 Å². The minimum Gasteiger partial charge on any atom is -0.464 e. The van der Waals surface area contributed by atoms with Crippen molar-refractivity contribution in [1.29, 1.82) is 0 Å². The van der Waals surface area contributed by atoms with Crippen LogP contribution < -0.4 is 0 Å². The van der Waals surface area contributed by atoms with Crippen LogP contribution in [0.15, 0.2) is 18.2 Å². The quantitative estimate of drug-likeness (QED) is 0.836. The number of fused-ring (bicyclic) bond motifs is 1. The molecule has 2 aromatic rings. The van der Waals surface area contributed by atoms with E-state index in [1.165, 1.54) is 0 Å². The third-order valence-electron chi connectivity index (χ3n) is 2.88. The van der Waals surface area contributed by atoms with Crippen LogP contribution in [-0.2, 0) is 16.6 Å². The molecule has 0 saturated heterocycles. The number of carbonyl (C=O) groups is 1. The molecule has 1 N–H and O–H groups in total. The third kappa shape index (κ3) is 2.09. The highest BCUT2D eigenvalue weighted by Gasteiger charge is 2.19. The van der Waals surface area contributed by atoms with Crippen LogP contribution in [0.25, 0.3) is 10.9 Å². The van der Waals surface area contributed by atoms with Gasteiger partial charge in [0.15, 0.2) is 6.10 Å². The average molecular weight is 248 g/mol. The third-order valence-corrected chi connectivity index (χ3v) is 2.88. The number of aryl methyl sites for hydroxylation is 2. The van der Waals surface area contributed by atoms with Gasteiger partial charge in [-0.1, -0.05) is 6.07 Å². The summed E-state index contributed by atoms with van der Waals surface area (Å²) in [7, 11) is 1.86. The van der Waals surface area contributed by atoms with Crippen molar-refractivity contribution in [1.82, 2.24) is 9.78 Å². The van der Waals surface area contributed by atoms with Crippen LogP contribution in [0.5, 0.6) is 0 Å². The molecule has 96 valence electrons. The number of rotatable bonds is 3. The fraction of sp³-hybridized carbons (Fsp3) is 0.385. The second-order valence-electron chi connectivity index (χ2n) is 4.14. The Hall–Kier alpha value is -1.88. The van der Waals surface area contributed by atoms with Gasteiger partial charge < -0.3 is 9.84 Å². The second kappa shape index (κ2) is 4.78. The fourth-order valence-corrected chi connectivity index (χ4v) is 1.99. The molecule has 5 nitrogen and oxygen atoms in total. The molecule has 0 bridgehead atoms. The summed E-state index contributed by atoms with van der Waals surface area (Å²) < 4.78 is 6.56. The number of ether oxygens (including phenoxy) is 1. The highest BCUT2D eigenvalue weighted by molar-refractivity contribution is 5.84. The molecule has 0 saturated carbocycles. The van der Waals surface area contributed by atoms with Crippen LogP contribution in [0.3, 0.4) is 0 Å². The number of hydrogen-bond acceptors (Lipinski definition) is 4. The van der Waals surface area contributed by atoms with Crippen molar-refractivity contribution in [3.05, 3.63) is 29.5 Å². The molecule has 1 atom stereocenters. The van der Waals surface area contributed by atoms with E-state index >= 15 is 0 Å². The lowest BCUT2D eigenvalue weighted by molar-refractivity contribution is -0.153. The summed E-state index contributed by atoms with van der Waals surface area (Å²) >= 11 is 0. The zero-order valence-electron chi connectivity index (χ0n) is 10.7. The van der Waals surface area contributed by atoms with Crippen LogP contribution in [-0.4, -0.2) is 27.5 Å². The normalized spacial score (nSPS) is 12.7. The predicted octanol–water partition coefficient (Wildman–Crippen LogP) is 1.48. The molecule has 0 aliphatic carbocycles. The van der Waals surface area contributed by atoms with E-state index in [9.17, 15) is 9.90 Å². The van der Waals surface area contributed by atoms with Crippen LogP contribution >= 0.6 is 0 Å².